The van der Waals surface area contributed by atoms with Crippen LogP contribution in [-0.2, 0) is 10.2 Å². The number of para-hydroxylation sites is 1. The third-order valence-corrected chi connectivity index (χ3v) is 4.20. The largest absolute Gasteiger partial charge is 0.490 e. The number of allylic oxidation sites excluding steroid dienone is 3. The standard InChI is InChI=1S/C16H17N3S.C2HF3O2/c1-16(2)12-6-4-5-7-13(12)19(3)14(16)9-8-11(10-17)15(18)20;3-2(4,5)1(6)7/h4-9H,1-3H3,(H2,18,20);(H,6,7)/b11-8+,14-9-;. The highest BCUT2D eigenvalue weighted by Gasteiger charge is 2.38. The summed E-state index contributed by atoms with van der Waals surface area (Å²) in [5, 5.41) is 16.1. The molecule has 0 bridgehead atoms. The molecule has 27 heavy (non-hydrogen) atoms. The number of fused-ring (bicyclic) bond motifs is 1. The Labute approximate surface area is 160 Å². The number of carbonyl (C=O) groups is 1. The number of benzene rings is 1. The number of alkyl halides is 3. The van der Waals surface area contributed by atoms with Gasteiger partial charge in [0, 0.05) is 23.8 Å². The number of nitrogens with two attached hydrogens (primary N) is 1. The molecule has 0 saturated heterocycles. The molecule has 0 amide bonds. The topological polar surface area (TPSA) is 90.4 Å². The molecule has 0 radical (unpaired) electrons. The van der Waals surface area contributed by atoms with E-state index < -0.39 is 12.1 Å². The fourth-order valence-electron chi connectivity index (χ4n) is 2.64. The lowest BCUT2D eigenvalue weighted by molar-refractivity contribution is -0.192. The first kappa shape index (κ1) is 22.2. The van der Waals surface area contributed by atoms with Crippen molar-refractivity contribution < 1.29 is 23.1 Å². The summed E-state index contributed by atoms with van der Waals surface area (Å²) >= 11 is 4.86. The third kappa shape index (κ3) is 5.08. The maximum Gasteiger partial charge on any atom is 0.490 e. The zero-order chi connectivity index (χ0) is 21.0. The second kappa shape index (κ2) is 8.22. The molecule has 1 aliphatic rings. The van der Waals surface area contributed by atoms with Gasteiger partial charge < -0.3 is 15.7 Å². The van der Waals surface area contributed by atoms with E-state index in [0.29, 0.717) is 5.57 Å². The molecule has 0 unspecified atom stereocenters. The summed E-state index contributed by atoms with van der Waals surface area (Å²) in [5.74, 6) is -2.76. The fraction of sp³-hybridized carbons (Fsp3) is 0.278. The van der Waals surface area contributed by atoms with Gasteiger partial charge in [-0.1, -0.05) is 44.3 Å². The predicted octanol–water partition coefficient (Wildman–Crippen LogP) is 3.67. The SMILES string of the molecule is CN1/C(=C\C=C(/C#N)C(N)=S)C(C)(C)c2ccccc21.O=C(O)C(F)(F)F. The smallest absolute Gasteiger partial charge is 0.475 e. The lowest BCUT2D eigenvalue weighted by Gasteiger charge is -2.23. The second-order valence-corrected chi connectivity index (χ2v) is 6.55. The molecule has 3 N–H and O–H groups in total. The minimum Gasteiger partial charge on any atom is -0.475 e. The van der Waals surface area contributed by atoms with Crippen molar-refractivity contribution in [3.8, 4) is 6.07 Å². The van der Waals surface area contributed by atoms with Crippen LogP contribution in [0.5, 0.6) is 0 Å². The molecule has 0 fully saturated rings. The third-order valence-electron chi connectivity index (χ3n) is 3.98. The first-order valence-corrected chi connectivity index (χ1v) is 8.00. The lowest BCUT2D eigenvalue weighted by atomic mass is 9.83. The van der Waals surface area contributed by atoms with Crippen LogP contribution in [0.2, 0.25) is 0 Å². The van der Waals surface area contributed by atoms with E-state index in [1.54, 1.807) is 6.08 Å². The molecule has 1 aromatic rings. The van der Waals surface area contributed by atoms with E-state index in [9.17, 15) is 13.2 Å². The Bertz CT molecular complexity index is 852. The van der Waals surface area contributed by atoms with Crippen LogP contribution in [0, 0.1) is 11.3 Å². The van der Waals surface area contributed by atoms with E-state index in [4.69, 9.17) is 33.1 Å². The Kier molecular flexibility index (Phi) is 6.76. The van der Waals surface area contributed by atoms with Gasteiger partial charge in [-0.2, -0.15) is 18.4 Å². The number of aliphatic carboxylic acids is 1. The molecule has 0 saturated carbocycles. The molecule has 9 heteroatoms. The zero-order valence-electron chi connectivity index (χ0n) is 14.8. The van der Waals surface area contributed by atoms with Crippen molar-refractivity contribution in [1.29, 1.82) is 5.26 Å². The van der Waals surface area contributed by atoms with E-state index in [1.165, 1.54) is 11.3 Å². The normalized spacial score (nSPS) is 16.9. The van der Waals surface area contributed by atoms with Crippen LogP contribution in [0.25, 0.3) is 0 Å². The molecule has 5 nitrogen and oxygen atoms in total. The van der Waals surface area contributed by atoms with E-state index in [0.717, 1.165) is 5.70 Å². The van der Waals surface area contributed by atoms with Crippen LogP contribution in [0.4, 0.5) is 18.9 Å². The van der Waals surface area contributed by atoms with Crippen molar-refractivity contribution in [2.24, 2.45) is 5.73 Å². The number of anilines is 1. The average Bonchev–Trinajstić information content (AvgIpc) is 2.75. The van der Waals surface area contributed by atoms with Crippen molar-refractivity contribution in [2.75, 3.05) is 11.9 Å². The molecule has 144 valence electrons. The van der Waals surface area contributed by atoms with Gasteiger partial charge in [0.05, 0.1) is 5.57 Å². The maximum absolute atomic E-state index is 10.6. The molecule has 1 heterocycles. The van der Waals surface area contributed by atoms with E-state index in [1.807, 2.05) is 31.3 Å². The lowest BCUT2D eigenvalue weighted by Crippen LogP contribution is -2.22. The van der Waals surface area contributed by atoms with Crippen molar-refractivity contribution in [3.05, 3.63) is 53.3 Å². The van der Waals surface area contributed by atoms with Gasteiger partial charge in [-0.05, 0) is 23.8 Å². The number of carboxylic acids is 1. The summed E-state index contributed by atoms with van der Waals surface area (Å²) in [5.41, 5.74) is 9.30. The van der Waals surface area contributed by atoms with Gasteiger partial charge in [-0.25, -0.2) is 4.79 Å². The molecule has 0 spiro atoms. The van der Waals surface area contributed by atoms with Crippen molar-refractivity contribution in [1.82, 2.24) is 0 Å². The van der Waals surface area contributed by atoms with Gasteiger partial charge in [0.1, 0.15) is 11.1 Å². The predicted molar refractivity (Wildman–Crippen MR) is 100 cm³/mol. The second-order valence-electron chi connectivity index (χ2n) is 6.11. The minimum atomic E-state index is -5.08. The Morgan fingerprint density at radius 2 is 1.89 bits per heavy atom. The highest BCUT2D eigenvalue weighted by atomic mass is 32.1. The molecule has 1 aromatic carbocycles. The van der Waals surface area contributed by atoms with Crippen LogP contribution in [-0.4, -0.2) is 29.3 Å². The highest BCUT2D eigenvalue weighted by molar-refractivity contribution is 7.80. The Hall–Kier alpha value is -2.86. The van der Waals surface area contributed by atoms with Gasteiger partial charge >= 0.3 is 12.1 Å². The van der Waals surface area contributed by atoms with Gasteiger partial charge in [-0.3, -0.25) is 0 Å². The molecule has 0 aromatic heterocycles. The summed E-state index contributed by atoms with van der Waals surface area (Å²) in [6.07, 6.45) is -1.46. The van der Waals surface area contributed by atoms with Crippen LogP contribution in [0.3, 0.4) is 0 Å². The maximum atomic E-state index is 10.6. The molecule has 0 atom stereocenters. The monoisotopic (exact) mass is 397 g/mol. The molecule has 2 rings (SSSR count). The number of hydrogen-bond acceptors (Lipinski definition) is 4. The Morgan fingerprint density at radius 3 is 2.30 bits per heavy atom. The fourth-order valence-corrected chi connectivity index (χ4v) is 2.75. The summed E-state index contributed by atoms with van der Waals surface area (Å²) in [6.45, 7) is 4.34. The number of halogens is 3. The number of carboxylic acid groups (broad SMARTS) is 1. The minimum absolute atomic E-state index is 0.112. The first-order valence-electron chi connectivity index (χ1n) is 7.59. The zero-order valence-corrected chi connectivity index (χ0v) is 15.6. The van der Waals surface area contributed by atoms with E-state index in [2.05, 4.69) is 30.9 Å². The van der Waals surface area contributed by atoms with Gasteiger partial charge in [-0.15, -0.1) is 0 Å². The number of hydrogen-bond donors (Lipinski definition) is 2. The molecule has 0 aliphatic carbocycles. The quantitative estimate of drug-likeness (QED) is 0.450. The average molecular weight is 397 g/mol. The molecular weight excluding hydrogens is 379 g/mol. The van der Waals surface area contributed by atoms with E-state index >= 15 is 0 Å². The highest BCUT2D eigenvalue weighted by Crippen LogP contribution is 2.46. The number of rotatable bonds is 2. The Balaban J connectivity index is 0.000000445. The van der Waals surface area contributed by atoms with Crippen LogP contribution >= 0.6 is 12.2 Å². The van der Waals surface area contributed by atoms with Crippen molar-refractivity contribution >= 4 is 28.9 Å². The molecular formula is C18H18F3N3O2S. The summed E-state index contributed by atoms with van der Waals surface area (Å²) in [7, 11) is 2.03. The van der Waals surface area contributed by atoms with Crippen molar-refractivity contribution in [2.45, 2.75) is 25.4 Å². The summed E-state index contributed by atoms with van der Waals surface area (Å²) < 4.78 is 31.7. The number of nitriles is 1. The summed E-state index contributed by atoms with van der Waals surface area (Å²) in [4.78, 5) is 11.2. The number of thiocarbonyl (C=S) groups is 1. The van der Waals surface area contributed by atoms with Crippen LogP contribution in [0.15, 0.2) is 47.7 Å². The number of likely N-dealkylation sites (N-methyl/N-ethyl adjacent to an activating group) is 1. The van der Waals surface area contributed by atoms with Crippen LogP contribution < -0.4 is 10.6 Å². The summed E-state index contributed by atoms with van der Waals surface area (Å²) in [6, 6.07) is 10.3. The van der Waals surface area contributed by atoms with Gasteiger partial charge in [0.25, 0.3) is 0 Å². The van der Waals surface area contributed by atoms with Gasteiger partial charge in [0.15, 0.2) is 0 Å². The van der Waals surface area contributed by atoms with Crippen LogP contribution in [0.1, 0.15) is 19.4 Å². The van der Waals surface area contributed by atoms with Crippen molar-refractivity contribution in [3.63, 3.8) is 0 Å². The van der Waals surface area contributed by atoms with Gasteiger partial charge in [0.2, 0.25) is 0 Å². The molecule has 1 aliphatic heterocycles. The number of nitrogens with zero attached hydrogens (tertiary/aromatic N) is 2. The first-order chi connectivity index (χ1) is 12.3. The van der Waals surface area contributed by atoms with E-state index in [-0.39, 0.29) is 10.4 Å². The Morgan fingerprint density at radius 1 is 1.37 bits per heavy atom.